The molecule has 0 aliphatic rings. The standard InChI is InChI=1S/C26H44N4/c1-6-10-12-22(8-3)18-30(19-23(9-4)13-11-7-2)20-25-26(28-29-27-25)24-16-14-21(5)15-17-24/h14-17,22-23H,6-13,18-20H2,1-5H3,(H,27,28,29). The van der Waals surface area contributed by atoms with Crippen LogP contribution in [-0.2, 0) is 6.54 Å². The van der Waals surface area contributed by atoms with Gasteiger partial charge in [-0.25, -0.2) is 0 Å². The van der Waals surface area contributed by atoms with Crippen molar-refractivity contribution >= 4 is 0 Å². The lowest BCUT2D eigenvalue weighted by Gasteiger charge is -2.30. The summed E-state index contributed by atoms with van der Waals surface area (Å²) in [6.45, 7) is 14.6. The Morgan fingerprint density at radius 1 is 0.833 bits per heavy atom. The van der Waals surface area contributed by atoms with Gasteiger partial charge >= 0.3 is 0 Å². The predicted octanol–water partition coefficient (Wildman–Crippen LogP) is 7.01. The molecule has 0 amide bonds. The average Bonchev–Trinajstić information content (AvgIpc) is 3.22. The van der Waals surface area contributed by atoms with Gasteiger partial charge in [0.15, 0.2) is 0 Å². The zero-order valence-electron chi connectivity index (χ0n) is 20.1. The van der Waals surface area contributed by atoms with Crippen LogP contribution in [0.5, 0.6) is 0 Å². The van der Waals surface area contributed by atoms with E-state index in [2.05, 4.69) is 79.2 Å². The number of nitrogens with one attached hydrogen (secondary N) is 1. The Morgan fingerprint density at radius 2 is 1.40 bits per heavy atom. The molecule has 0 aliphatic carbocycles. The molecule has 2 unspecified atom stereocenters. The minimum absolute atomic E-state index is 0.767. The lowest BCUT2D eigenvalue weighted by molar-refractivity contribution is 0.172. The van der Waals surface area contributed by atoms with Gasteiger partial charge in [-0.3, -0.25) is 4.90 Å². The summed E-state index contributed by atoms with van der Waals surface area (Å²) in [7, 11) is 0. The Bertz CT molecular complexity index is 673. The monoisotopic (exact) mass is 412 g/mol. The van der Waals surface area contributed by atoms with Crippen molar-refractivity contribution in [3.05, 3.63) is 35.5 Å². The van der Waals surface area contributed by atoms with Crippen molar-refractivity contribution in [1.29, 1.82) is 0 Å². The number of benzene rings is 1. The first kappa shape index (κ1) is 24.6. The lowest BCUT2D eigenvalue weighted by atomic mass is 9.95. The van der Waals surface area contributed by atoms with Gasteiger partial charge in [-0.1, -0.05) is 96.0 Å². The Hall–Kier alpha value is -1.68. The zero-order valence-corrected chi connectivity index (χ0v) is 20.1. The highest BCUT2D eigenvalue weighted by Crippen LogP contribution is 2.24. The SMILES string of the molecule is CCCCC(CC)CN(Cc1n[nH]nc1-c1ccc(C)cc1)CC(CC)CCCC. The van der Waals surface area contributed by atoms with Gasteiger partial charge in [0, 0.05) is 25.2 Å². The van der Waals surface area contributed by atoms with Gasteiger partial charge in [0.05, 0.1) is 0 Å². The molecule has 1 N–H and O–H groups in total. The smallest absolute Gasteiger partial charge is 0.117 e. The maximum absolute atomic E-state index is 4.57. The van der Waals surface area contributed by atoms with E-state index in [0.29, 0.717) is 0 Å². The number of hydrogen-bond acceptors (Lipinski definition) is 3. The number of aromatic nitrogens is 3. The average molecular weight is 413 g/mol. The molecule has 2 aromatic rings. The minimum atomic E-state index is 0.767. The van der Waals surface area contributed by atoms with E-state index in [1.807, 2.05) is 0 Å². The number of hydrogen-bond donors (Lipinski definition) is 1. The van der Waals surface area contributed by atoms with Crippen molar-refractivity contribution in [2.45, 2.75) is 92.5 Å². The van der Waals surface area contributed by atoms with Crippen molar-refractivity contribution in [2.24, 2.45) is 11.8 Å². The third-order valence-corrected chi connectivity index (χ3v) is 6.44. The Labute approximate surface area is 184 Å². The summed E-state index contributed by atoms with van der Waals surface area (Å²) in [5.41, 5.74) is 4.51. The maximum Gasteiger partial charge on any atom is 0.117 e. The molecular formula is C26H44N4. The molecule has 2 atom stereocenters. The lowest BCUT2D eigenvalue weighted by Crippen LogP contribution is -2.34. The normalized spacial score (nSPS) is 13.7. The summed E-state index contributed by atoms with van der Waals surface area (Å²) in [5.74, 6) is 1.53. The van der Waals surface area contributed by atoms with Crippen LogP contribution in [0.2, 0.25) is 0 Å². The maximum atomic E-state index is 4.57. The molecule has 1 aromatic carbocycles. The van der Waals surface area contributed by atoms with Gasteiger partial charge in [-0.2, -0.15) is 15.4 Å². The van der Waals surface area contributed by atoms with Crippen LogP contribution in [-0.4, -0.2) is 33.4 Å². The third-order valence-electron chi connectivity index (χ3n) is 6.44. The van der Waals surface area contributed by atoms with Crippen molar-refractivity contribution in [2.75, 3.05) is 13.1 Å². The topological polar surface area (TPSA) is 44.8 Å². The fourth-order valence-corrected chi connectivity index (χ4v) is 4.29. The van der Waals surface area contributed by atoms with E-state index in [9.17, 15) is 0 Å². The molecule has 0 bridgehead atoms. The van der Waals surface area contributed by atoms with Crippen molar-refractivity contribution in [3.8, 4) is 11.3 Å². The third kappa shape index (κ3) is 7.86. The van der Waals surface area contributed by atoms with Crippen molar-refractivity contribution < 1.29 is 0 Å². The summed E-state index contributed by atoms with van der Waals surface area (Å²) in [4.78, 5) is 2.67. The fourth-order valence-electron chi connectivity index (χ4n) is 4.29. The second-order valence-electron chi connectivity index (χ2n) is 9.01. The summed E-state index contributed by atoms with van der Waals surface area (Å²) in [6, 6.07) is 8.63. The first-order valence-electron chi connectivity index (χ1n) is 12.3. The molecule has 168 valence electrons. The summed E-state index contributed by atoms with van der Waals surface area (Å²) in [5, 5.41) is 12.0. The van der Waals surface area contributed by atoms with E-state index in [-0.39, 0.29) is 0 Å². The van der Waals surface area contributed by atoms with Gasteiger partial charge < -0.3 is 0 Å². The fraction of sp³-hybridized carbons (Fsp3) is 0.692. The first-order chi connectivity index (χ1) is 14.6. The molecule has 0 saturated heterocycles. The highest BCUT2D eigenvalue weighted by Gasteiger charge is 2.20. The van der Waals surface area contributed by atoms with Gasteiger partial charge in [0.1, 0.15) is 11.4 Å². The van der Waals surface area contributed by atoms with Gasteiger partial charge in [0.2, 0.25) is 0 Å². The number of rotatable bonds is 15. The molecule has 0 radical (unpaired) electrons. The quantitative estimate of drug-likeness (QED) is 0.342. The number of aryl methyl sites for hydroxylation is 1. The van der Waals surface area contributed by atoms with E-state index in [4.69, 9.17) is 0 Å². The molecule has 0 saturated carbocycles. The minimum Gasteiger partial charge on any atom is -0.297 e. The second-order valence-corrected chi connectivity index (χ2v) is 9.01. The number of aromatic amines is 1. The van der Waals surface area contributed by atoms with Crippen LogP contribution in [0.15, 0.2) is 24.3 Å². The van der Waals surface area contributed by atoms with Crippen LogP contribution in [0.1, 0.15) is 90.3 Å². The number of H-pyrrole nitrogens is 1. The van der Waals surface area contributed by atoms with Crippen LogP contribution in [0.25, 0.3) is 11.3 Å². The molecule has 30 heavy (non-hydrogen) atoms. The van der Waals surface area contributed by atoms with Crippen LogP contribution < -0.4 is 0 Å². The van der Waals surface area contributed by atoms with Crippen molar-refractivity contribution in [3.63, 3.8) is 0 Å². The first-order valence-corrected chi connectivity index (χ1v) is 12.3. The molecule has 2 rings (SSSR count). The van der Waals surface area contributed by atoms with Gasteiger partial charge in [-0.05, 0) is 31.6 Å². The van der Waals surface area contributed by atoms with Gasteiger partial charge in [-0.15, -0.1) is 0 Å². The van der Waals surface area contributed by atoms with Crippen LogP contribution >= 0.6 is 0 Å². The summed E-state index contributed by atoms with van der Waals surface area (Å²) < 4.78 is 0. The van der Waals surface area contributed by atoms with E-state index in [1.54, 1.807) is 0 Å². The van der Waals surface area contributed by atoms with Crippen LogP contribution in [0, 0.1) is 18.8 Å². The Morgan fingerprint density at radius 3 is 1.90 bits per heavy atom. The van der Waals surface area contributed by atoms with E-state index < -0.39 is 0 Å². The van der Waals surface area contributed by atoms with Crippen molar-refractivity contribution in [1.82, 2.24) is 20.3 Å². The van der Waals surface area contributed by atoms with E-state index >= 15 is 0 Å². The zero-order chi connectivity index (χ0) is 21.8. The summed E-state index contributed by atoms with van der Waals surface area (Å²) >= 11 is 0. The van der Waals surface area contributed by atoms with Crippen LogP contribution in [0.4, 0.5) is 0 Å². The van der Waals surface area contributed by atoms with Crippen LogP contribution in [0.3, 0.4) is 0 Å². The molecule has 1 aromatic heterocycles. The number of unbranched alkanes of at least 4 members (excludes halogenated alkanes) is 2. The molecule has 4 heteroatoms. The molecule has 1 heterocycles. The largest absolute Gasteiger partial charge is 0.297 e. The molecule has 0 aliphatic heterocycles. The molecule has 0 fully saturated rings. The Balaban J connectivity index is 2.17. The molecule has 4 nitrogen and oxygen atoms in total. The van der Waals surface area contributed by atoms with E-state index in [0.717, 1.165) is 35.3 Å². The van der Waals surface area contributed by atoms with E-state index in [1.165, 1.54) is 70.0 Å². The predicted molar refractivity (Wildman–Crippen MR) is 128 cm³/mol. The second kappa shape index (κ2) is 13.6. The molecule has 0 spiro atoms. The highest BCUT2D eigenvalue weighted by molar-refractivity contribution is 5.61. The summed E-state index contributed by atoms with van der Waals surface area (Å²) in [6.07, 6.45) is 10.4. The number of nitrogens with zero attached hydrogens (tertiary/aromatic N) is 3. The highest BCUT2D eigenvalue weighted by atomic mass is 15.3. The molecular weight excluding hydrogens is 368 g/mol. The van der Waals surface area contributed by atoms with Gasteiger partial charge in [0.25, 0.3) is 0 Å². The Kier molecular flexibility index (Phi) is 11.1.